The lowest BCUT2D eigenvalue weighted by Crippen LogP contribution is -2.14. The fourth-order valence-electron chi connectivity index (χ4n) is 3.12. The molecule has 0 aliphatic rings. The van der Waals surface area contributed by atoms with Gasteiger partial charge in [0, 0.05) is 23.4 Å². The quantitative estimate of drug-likeness (QED) is 0.617. The molecule has 130 valence electrons. The topological polar surface area (TPSA) is 72.3 Å². The van der Waals surface area contributed by atoms with Gasteiger partial charge in [0.05, 0.1) is 24.1 Å². The summed E-state index contributed by atoms with van der Waals surface area (Å²) in [7, 11) is 1.55. The first-order valence-electron chi connectivity index (χ1n) is 8.27. The molecule has 6 nitrogen and oxygen atoms in total. The number of benzene rings is 1. The second kappa shape index (κ2) is 6.15. The van der Waals surface area contributed by atoms with Crippen LogP contribution in [0.1, 0.15) is 11.1 Å². The van der Waals surface area contributed by atoms with Crippen molar-refractivity contribution in [3.05, 3.63) is 70.1 Å². The first-order chi connectivity index (χ1) is 12.6. The van der Waals surface area contributed by atoms with Crippen LogP contribution in [0.25, 0.3) is 28.2 Å². The summed E-state index contributed by atoms with van der Waals surface area (Å²) in [5.74, 6) is 0.441. The highest BCUT2D eigenvalue weighted by Gasteiger charge is 2.16. The van der Waals surface area contributed by atoms with Crippen LogP contribution in [0.2, 0.25) is 0 Å². The molecule has 0 unspecified atom stereocenters. The number of aromatic amines is 1. The summed E-state index contributed by atoms with van der Waals surface area (Å²) in [6, 6.07) is 13.3. The van der Waals surface area contributed by atoms with Crippen LogP contribution in [-0.2, 0) is 0 Å². The van der Waals surface area contributed by atoms with E-state index < -0.39 is 0 Å². The van der Waals surface area contributed by atoms with E-state index in [0.717, 1.165) is 22.4 Å². The van der Waals surface area contributed by atoms with E-state index in [4.69, 9.17) is 9.72 Å². The minimum Gasteiger partial charge on any atom is -0.481 e. The Kier molecular flexibility index (Phi) is 3.80. The average Bonchev–Trinajstić information content (AvgIpc) is 2.99. The van der Waals surface area contributed by atoms with Crippen LogP contribution < -0.4 is 10.3 Å². The van der Waals surface area contributed by atoms with Crippen LogP contribution in [-0.4, -0.2) is 26.7 Å². The summed E-state index contributed by atoms with van der Waals surface area (Å²) < 4.78 is 6.77. The zero-order valence-electron chi connectivity index (χ0n) is 14.8. The first-order valence-corrected chi connectivity index (χ1v) is 8.27. The molecule has 0 saturated carbocycles. The van der Waals surface area contributed by atoms with Crippen LogP contribution >= 0.6 is 0 Å². The van der Waals surface area contributed by atoms with Gasteiger partial charge in [-0.2, -0.15) is 0 Å². The number of fused-ring (bicyclic) bond motifs is 1. The Morgan fingerprint density at radius 3 is 2.73 bits per heavy atom. The van der Waals surface area contributed by atoms with Crippen molar-refractivity contribution >= 4 is 5.65 Å². The largest absolute Gasteiger partial charge is 0.481 e. The van der Waals surface area contributed by atoms with Crippen molar-refractivity contribution in [2.45, 2.75) is 13.8 Å². The third-order valence-electron chi connectivity index (χ3n) is 4.40. The molecule has 0 bridgehead atoms. The number of ether oxygens (including phenoxy) is 1. The predicted octanol–water partition coefficient (Wildman–Crippen LogP) is 3.38. The summed E-state index contributed by atoms with van der Waals surface area (Å²) in [4.78, 5) is 21.6. The number of aromatic nitrogens is 4. The Hall–Kier alpha value is -3.41. The van der Waals surface area contributed by atoms with Gasteiger partial charge in [0.1, 0.15) is 0 Å². The summed E-state index contributed by atoms with van der Waals surface area (Å²) in [6.45, 7) is 4.00. The summed E-state index contributed by atoms with van der Waals surface area (Å²) in [5, 5.41) is 3.18. The molecule has 3 aromatic heterocycles. The molecular weight excluding hydrogens is 328 g/mol. The summed E-state index contributed by atoms with van der Waals surface area (Å²) >= 11 is 0. The van der Waals surface area contributed by atoms with Gasteiger partial charge in [-0.25, -0.2) is 14.5 Å². The van der Waals surface area contributed by atoms with Crippen molar-refractivity contribution in [1.29, 1.82) is 0 Å². The standard InChI is InChI=1S/C20H18N4O2/c1-12-6-4-7-14(10-12)18-13(2)19-22-16(11-17(25)24(19)23-18)15-8-5-9-21-20(15)26-3/h4-11,23H,1-3H3. The number of rotatable bonds is 3. The zero-order valence-corrected chi connectivity index (χ0v) is 14.8. The highest BCUT2D eigenvalue weighted by atomic mass is 16.5. The Morgan fingerprint density at radius 2 is 1.96 bits per heavy atom. The molecule has 0 saturated heterocycles. The van der Waals surface area contributed by atoms with Gasteiger partial charge in [-0.1, -0.05) is 23.8 Å². The van der Waals surface area contributed by atoms with Gasteiger partial charge in [0.25, 0.3) is 5.56 Å². The van der Waals surface area contributed by atoms with E-state index in [1.54, 1.807) is 19.4 Å². The van der Waals surface area contributed by atoms with E-state index in [-0.39, 0.29) is 5.56 Å². The van der Waals surface area contributed by atoms with E-state index >= 15 is 0 Å². The van der Waals surface area contributed by atoms with Crippen LogP contribution in [0, 0.1) is 13.8 Å². The van der Waals surface area contributed by atoms with Crippen LogP contribution in [0.4, 0.5) is 0 Å². The number of pyridine rings is 1. The predicted molar refractivity (Wildman–Crippen MR) is 101 cm³/mol. The molecule has 0 fully saturated rings. The van der Waals surface area contributed by atoms with E-state index in [0.29, 0.717) is 22.8 Å². The monoisotopic (exact) mass is 346 g/mol. The molecule has 4 rings (SSSR count). The van der Waals surface area contributed by atoms with Gasteiger partial charge in [0.15, 0.2) is 5.65 Å². The molecule has 1 aromatic carbocycles. The maximum absolute atomic E-state index is 12.7. The molecule has 4 aromatic rings. The average molecular weight is 346 g/mol. The normalized spacial score (nSPS) is 11.0. The second-order valence-electron chi connectivity index (χ2n) is 6.18. The summed E-state index contributed by atoms with van der Waals surface area (Å²) in [6.07, 6.45) is 1.64. The van der Waals surface area contributed by atoms with E-state index in [2.05, 4.69) is 16.1 Å². The number of methoxy groups -OCH3 is 1. The van der Waals surface area contributed by atoms with E-state index in [1.807, 2.05) is 38.1 Å². The first kappa shape index (κ1) is 16.1. The lowest BCUT2D eigenvalue weighted by Gasteiger charge is -2.06. The van der Waals surface area contributed by atoms with Crippen molar-refractivity contribution in [3.63, 3.8) is 0 Å². The summed E-state index contributed by atoms with van der Waals surface area (Å²) in [5.41, 5.74) is 5.61. The van der Waals surface area contributed by atoms with Gasteiger partial charge in [0.2, 0.25) is 5.88 Å². The molecule has 0 atom stereocenters. The van der Waals surface area contributed by atoms with Gasteiger partial charge in [-0.05, 0) is 32.0 Å². The number of H-pyrrole nitrogens is 1. The second-order valence-corrected chi connectivity index (χ2v) is 6.18. The van der Waals surface area contributed by atoms with Gasteiger partial charge in [-0.15, -0.1) is 0 Å². The zero-order chi connectivity index (χ0) is 18.3. The minimum atomic E-state index is -0.182. The highest BCUT2D eigenvalue weighted by Crippen LogP contribution is 2.28. The molecule has 26 heavy (non-hydrogen) atoms. The van der Waals surface area contributed by atoms with Crippen LogP contribution in [0.3, 0.4) is 0 Å². The Morgan fingerprint density at radius 1 is 1.12 bits per heavy atom. The van der Waals surface area contributed by atoms with Gasteiger partial charge >= 0.3 is 0 Å². The molecular formula is C20H18N4O2. The van der Waals surface area contributed by atoms with Crippen molar-refractivity contribution in [3.8, 4) is 28.4 Å². The number of nitrogens with zero attached hydrogens (tertiary/aromatic N) is 3. The smallest absolute Gasteiger partial charge is 0.273 e. The van der Waals surface area contributed by atoms with Crippen LogP contribution in [0.5, 0.6) is 5.88 Å². The number of hydrogen-bond acceptors (Lipinski definition) is 4. The fourth-order valence-corrected chi connectivity index (χ4v) is 3.12. The Labute approximate surface area is 150 Å². The molecule has 1 N–H and O–H groups in total. The lowest BCUT2D eigenvalue weighted by atomic mass is 10.1. The third-order valence-corrected chi connectivity index (χ3v) is 4.40. The SMILES string of the molecule is COc1ncccc1-c1cc(=O)n2[nH]c(-c3cccc(C)c3)c(C)c2n1. The lowest BCUT2D eigenvalue weighted by molar-refractivity contribution is 0.399. The highest BCUT2D eigenvalue weighted by molar-refractivity contribution is 5.73. The number of nitrogens with one attached hydrogen (secondary N) is 1. The van der Waals surface area contributed by atoms with Gasteiger partial charge < -0.3 is 4.74 Å². The van der Waals surface area contributed by atoms with Crippen molar-refractivity contribution < 1.29 is 4.74 Å². The van der Waals surface area contributed by atoms with Crippen LogP contribution in [0.15, 0.2) is 53.5 Å². The van der Waals surface area contributed by atoms with Crippen molar-refractivity contribution in [2.75, 3.05) is 7.11 Å². The van der Waals surface area contributed by atoms with Crippen molar-refractivity contribution in [1.82, 2.24) is 19.6 Å². The Balaban J connectivity index is 1.96. The van der Waals surface area contributed by atoms with E-state index in [9.17, 15) is 4.79 Å². The third kappa shape index (κ3) is 2.56. The Bertz CT molecular complexity index is 1170. The molecule has 6 heteroatoms. The molecule has 0 spiro atoms. The molecule has 3 heterocycles. The molecule has 0 radical (unpaired) electrons. The maximum Gasteiger partial charge on any atom is 0.273 e. The fraction of sp³-hybridized carbons (Fsp3) is 0.150. The minimum absolute atomic E-state index is 0.182. The van der Waals surface area contributed by atoms with E-state index in [1.165, 1.54) is 10.6 Å². The molecule has 0 aliphatic carbocycles. The maximum atomic E-state index is 12.7. The number of aryl methyl sites for hydroxylation is 2. The van der Waals surface area contributed by atoms with Crippen molar-refractivity contribution in [2.24, 2.45) is 0 Å². The molecule has 0 aliphatic heterocycles. The number of hydrogen-bond donors (Lipinski definition) is 1. The molecule has 0 amide bonds. The van der Waals surface area contributed by atoms with Gasteiger partial charge in [-0.3, -0.25) is 9.89 Å².